The summed E-state index contributed by atoms with van der Waals surface area (Å²) in [5.41, 5.74) is 3.02. The Kier molecular flexibility index (Phi) is 7.04. The number of halogens is 3. The molecule has 0 saturated heterocycles. The maximum absolute atomic E-state index is 13.7. The van der Waals surface area contributed by atoms with E-state index in [-0.39, 0.29) is 23.0 Å². The van der Waals surface area contributed by atoms with Crippen molar-refractivity contribution in [3.05, 3.63) is 118 Å². The van der Waals surface area contributed by atoms with Crippen LogP contribution in [-0.2, 0) is 15.8 Å². The molecule has 2 aliphatic rings. The molecule has 1 heterocycles. The van der Waals surface area contributed by atoms with Crippen LogP contribution in [0.2, 0.25) is 0 Å². The largest absolute Gasteiger partial charge is 0.497 e. The fourth-order valence-electron chi connectivity index (χ4n) is 5.40. The Labute approximate surface area is 224 Å². The van der Waals surface area contributed by atoms with E-state index in [4.69, 9.17) is 4.74 Å². The number of rotatable bonds is 5. The molecule has 5 nitrogen and oxygen atoms in total. The number of benzene rings is 3. The van der Waals surface area contributed by atoms with Gasteiger partial charge in [-0.3, -0.25) is 9.59 Å². The van der Waals surface area contributed by atoms with Crippen molar-refractivity contribution in [3.63, 3.8) is 0 Å². The minimum atomic E-state index is -4.54. The number of alkyl halides is 3. The molecule has 2 unspecified atom stereocenters. The molecule has 0 radical (unpaired) electrons. The normalized spacial score (nSPS) is 19.4. The van der Waals surface area contributed by atoms with E-state index in [9.17, 15) is 22.8 Å². The monoisotopic (exact) mass is 532 g/mol. The zero-order chi connectivity index (χ0) is 27.7. The highest BCUT2D eigenvalue weighted by Crippen LogP contribution is 2.46. The number of ether oxygens (including phenoxy) is 1. The maximum atomic E-state index is 13.7. The lowest BCUT2D eigenvalue weighted by molar-refractivity contribution is -0.137. The molecule has 3 aromatic rings. The van der Waals surface area contributed by atoms with E-state index in [0.717, 1.165) is 23.4 Å². The van der Waals surface area contributed by atoms with Gasteiger partial charge in [0.2, 0.25) is 0 Å². The molecule has 0 fully saturated rings. The van der Waals surface area contributed by atoms with E-state index in [1.807, 2.05) is 30.3 Å². The minimum absolute atomic E-state index is 0.00486. The van der Waals surface area contributed by atoms with Crippen LogP contribution in [-0.4, -0.2) is 18.8 Å². The number of nitrogens with one attached hydrogen (secondary N) is 2. The summed E-state index contributed by atoms with van der Waals surface area (Å²) in [6.45, 7) is 1.75. The van der Waals surface area contributed by atoms with Crippen LogP contribution < -0.4 is 15.4 Å². The molecule has 0 aromatic heterocycles. The molecule has 200 valence electrons. The average molecular weight is 533 g/mol. The summed E-state index contributed by atoms with van der Waals surface area (Å²) in [6.07, 6.45) is -3.66. The van der Waals surface area contributed by atoms with E-state index in [1.165, 1.54) is 12.1 Å². The first-order valence-corrected chi connectivity index (χ1v) is 12.6. The molecule has 2 N–H and O–H groups in total. The Balaban J connectivity index is 1.54. The molecule has 1 amide bonds. The Morgan fingerprint density at radius 1 is 0.949 bits per heavy atom. The number of hydrogen-bond donors (Lipinski definition) is 2. The smallest absolute Gasteiger partial charge is 0.416 e. The highest BCUT2D eigenvalue weighted by Gasteiger charge is 2.41. The Morgan fingerprint density at radius 3 is 2.33 bits per heavy atom. The molecule has 0 spiro atoms. The van der Waals surface area contributed by atoms with E-state index >= 15 is 0 Å². The predicted molar refractivity (Wildman–Crippen MR) is 142 cm³/mol. The molecule has 1 aliphatic heterocycles. The van der Waals surface area contributed by atoms with Gasteiger partial charge < -0.3 is 15.4 Å². The lowest BCUT2D eigenvalue weighted by Crippen LogP contribution is -2.37. The van der Waals surface area contributed by atoms with Crippen molar-refractivity contribution in [2.75, 3.05) is 12.4 Å². The summed E-state index contributed by atoms with van der Waals surface area (Å²) in [5, 5.41) is 5.92. The Hall–Kier alpha value is -4.33. The first kappa shape index (κ1) is 26.3. The first-order valence-electron chi connectivity index (χ1n) is 12.6. The molecule has 0 bridgehead atoms. The van der Waals surface area contributed by atoms with Crippen molar-refractivity contribution >= 4 is 17.4 Å². The van der Waals surface area contributed by atoms with Crippen molar-refractivity contribution in [2.45, 2.75) is 37.8 Å². The van der Waals surface area contributed by atoms with Gasteiger partial charge >= 0.3 is 6.18 Å². The molecule has 0 saturated carbocycles. The zero-order valence-corrected chi connectivity index (χ0v) is 21.4. The number of carbonyl (C=O) groups excluding carboxylic acids is 2. The van der Waals surface area contributed by atoms with Crippen LogP contribution in [0, 0.1) is 0 Å². The number of amides is 1. The fraction of sp³-hybridized carbons (Fsp3) is 0.226. The summed E-state index contributed by atoms with van der Waals surface area (Å²) in [6, 6.07) is 21.5. The molecular formula is C31H27F3N2O3. The molecule has 5 rings (SSSR count). The van der Waals surface area contributed by atoms with E-state index in [2.05, 4.69) is 10.6 Å². The number of allylic oxidation sites excluding steroid dienone is 3. The van der Waals surface area contributed by atoms with Gasteiger partial charge in [-0.2, -0.15) is 13.2 Å². The standard InChI is InChI=1S/C31H27F3N2O3/c1-18-27(30(38)36-23-10-6-9-22(17-23)31(32,33)34)28(20-11-13-24(39-2)14-12-20)29-25(35-18)15-21(16-26(29)37)19-7-4-3-5-8-19/h3-14,17,21,28,35H,15-16H2,1-2H3,(H,36,38). The van der Waals surface area contributed by atoms with Crippen LogP contribution in [0.3, 0.4) is 0 Å². The van der Waals surface area contributed by atoms with E-state index in [1.54, 1.807) is 38.3 Å². The second-order valence-corrected chi connectivity index (χ2v) is 9.73. The van der Waals surface area contributed by atoms with Gasteiger partial charge in [-0.1, -0.05) is 48.5 Å². The summed E-state index contributed by atoms with van der Waals surface area (Å²) < 4.78 is 45.1. The van der Waals surface area contributed by atoms with E-state index in [0.29, 0.717) is 35.4 Å². The number of methoxy groups -OCH3 is 1. The summed E-state index contributed by atoms with van der Waals surface area (Å²) in [7, 11) is 1.55. The Bertz CT molecular complexity index is 1470. The van der Waals surface area contributed by atoms with Gasteiger partial charge in [0.05, 0.1) is 12.7 Å². The van der Waals surface area contributed by atoms with Crippen molar-refractivity contribution in [1.82, 2.24) is 5.32 Å². The Morgan fingerprint density at radius 2 is 1.67 bits per heavy atom. The maximum Gasteiger partial charge on any atom is 0.416 e. The molecule has 8 heteroatoms. The minimum Gasteiger partial charge on any atom is -0.497 e. The number of Topliss-reactive ketones (excluding diaryl/α,β-unsaturated/α-hetero) is 1. The molecule has 39 heavy (non-hydrogen) atoms. The quantitative estimate of drug-likeness (QED) is 0.383. The highest BCUT2D eigenvalue weighted by atomic mass is 19.4. The van der Waals surface area contributed by atoms with Crippen LogP contribution in [0.25, 0.3) is 0 Å². The van der Waals surface area contributed by atoms with Gasteiger partial charge in [0, 0.05) is 40.6 Å². The van der Waals surface area contributed by atoms with Crippen molar-refractivity contribution in [3.8, 4) is 5.75 Å². The van der Waals surface area contributed by atoms with Crippen LogP contribution in [0.5, 0.6) is 5.75 Å². The fourth-order valence-corrected chi connectivity index (χ4v) is 5.40. The second-order valence-electron chi connectivity index (χ2n) is 9.73. The van der Waals surface area contributed by atoms with E-state index < -0.39 is 23.6 Å². The molecule has 3 aromatic carbocycles. The molecular weight excluding hydrogens is 505 g/mol. The summed E-state index contributed by atoms with van der Waals surface area (Å²) in [4.78, 5) is 27.4. The van der Waals surface area contributed by atoms with Gasteiger partial charge in [-0.05, 0) is 60.7 Å². The van der Waals surface area contributed by atoms with Gasteiger partial charge in [-0.25, -0.2) is 0 Å². The highest BCUT2D eigenvalue weighted by molar-refractivity contribution is 6.10. The van der Waals surface area contributed by atoms with Gasteiger partial charge in [-0.15, -0.1) is 0 Å². The van der Waals surface area contributed by atoms with Crippen LogP contribution in [0.1, 0.15) is 48.3 Å². The molecule has 1 aliphatic carbocycles. The number of carbonyl (C=O) groups is 2. The van der Waals surface area contributed by atoms with Crippen LogP contribution in [0.15, 0.2) is 101 Å². The van der Waals surface area contributed by atoms with Gasteiger partial charge in [0.15, 0.2) is 5.78 Å². The summed E-state index contributed by atoms with van der Waals surface area (Å²) >= 11 is 0. The number of anilines is 1. The third-order valence-corrected chi connectivity index (χ3v) is 7.24. The van der Waals surface area contributed by atoms with Crippen LogP contribution in [0.4, 0.5) is 18.9 Å². The third kappa shape index (κ3) is 5.32. The van der Waals surface area contributed by atoms with Crippen molar-refractivity contribution in [2.24, 2.45) is 0 Å². The van der Waals surface area contributed by atoms with Crippen molar-refractivity contribution < 1.29 is 27.5 Å². The van der Waals surface area contributed by atoms with Crippen molar-refractivity contribution in [1.29, 1.82) is 0 Å². The first-order chi connectivity index (χ1) is 18.7. The average Bonchev–Trinajstić information content (AvgIpc) is 2.92. The number of dihydropyridines is 1. The second kappa shape index (κ2) is 10.4. The number of hydrogen-bond acceptors (Lipinski definition) is 4. The number of ketones is 1. The third-order valence-electron chi connectivity index (χ3n) is 7.24. The lowest BCUT2D eigenvalue weighted by Gasteiger charge is -2.37. The summed E-state index contributed by atoms with van der Waals surface area (Å²) in [5.74, 6) is -0.728. The van der Waals surface area contributed by atoms with Gasteiger partial charge in [0.25, 0.3) is 5.91 Å². The molecule has 2 atom stereocenters. The van der Waals surface area contributed by atoms with Gasteiger partial charge in [0.1, 0.15) is 5.75 Å². The SMILES string of the molecule is COc1ccc(C2C(C(=O)Nc3cccc(C(F)(F)F)c3)=C(C)NC3=C2C(=O)CC(c2ccccc2)C3)cc1. The predicted octanol–water partition coefficient (Wildman–Crippen LogP) is 6.71. The van der Waals surface area contributed by atoms with Crippen LogP contribution >= 0.6 is 0 Å². The lowest BCUT2D eigenvalue weighted by atomic mass is 9.71. The zero-order valence-electron chi connectivity index (χ0n) is 21.4. The topological polar surface area (TPSA) is 67.4 Å².